The average molecular weight is 791 g/mol. The molecule has 304 valence electrons. The Morgan fingerprint density at radius 2 is 1.35 bits per heavy atom. The van der Waals surface area contributed by atoms with E-state index in [4.69, 9.17) is 13.6 Å². The zero-order chi connectivity index (χ0) is 41.0. The zero-order valence-electron chi connectivity index (χ0n) is 36.2. The SMILES string of the molecule is COc1cc([C@@]2(O)CCN(C(=O)O)C[C@@H]2c2ccc(-c3ccccc3CO[Si](C(C)C)(C(C)C)C(C)C)cc2C)c(CO[Si](C(C)C)(C(C)C)C(C)C)cn1. The number of ether oxygens (including phenoxy) is 1. The van der Waals surface area contributed by atoms with E-state index in [1.54, 1.807) is 13.3 Å². The Labute approximate surface area is 334 Å². The molecule has 10 heteroatoms. The van der Waals surface area contributed by atoms with Crippen molar-refractivity contribution in [3.63, 3.8) is 0 Å². The third kappa shape index (κ3) is 8.78. The van der Waals surface area contributed by atoms with Crippen LogP contribution in [0.1, 0.15) is 123 Å². The molecule has 55 heavy (non-hydrogen) atoms. The van der Waals surface area contributed by atoms with Crippen molar-refractivity contribution in [3.8, 4) is 17.0 Å². The van der Waals surface area contributed by atoms with Gasteiger partial charge in [-0.2, -0.15) is 0 Å². The Morgan fingerprint density at radius 1 is 0.818 bits per heavy atom. The number of nitrogens with zero attached hydrogens (tertiary/aromatic N) is 2. The third-order valence-corrected chi connectivity index (χ3v) is 25.1. The van der Waals surface area contributed by atoms with E-state index in [-0.39, 0.29) is 19.5 Å². The molecule has 1 fully saturated rings. The molecule has 1 amide bonds. The highest BCUT2D eigenvalue weighted by Gasteiger charge is 2.49. The largest absolute Gasteiger partial charge is 0.481 e. The Kier molecular flexibility index (Phi) is 14.7. The van der Waals surface area contributed by atoms with Gasteiger partial charge in [-0.1, -0.05) is 126 Å². The summed E-state index contributed by atoms with van der Waals surface area (Å²) in [5.41, 5.74) is 7.95. The third-order valence-electron chi connectivity index (χ3n) is 13.0. The van der Waals surface area contributed by atoms with Gasteiger partial charge in [0.1, 0.15) is 5.60 Å². The van der Waals surface area contributed by atoms with Gasteiger partial charge in [-0.25, -0.2) is 9.78 Å². The van der Waals surface area contributed by atoms with Gasteiger partial charge in [-0.3, -0.25) is 0 Å². The molecule has 2 heterocycles. The number of carbonyl (C=O) groups is 1. The molecule has 1 aromatic heterocycles. The Bertz CT molecular complexity index is 1720. The van der Waals surface area contributed by atoms with Gasteiger partial charge in [0.25, 0.3) is 0 Å². The van der Waals surface area contributed by atoms with E-state index in [9.17, 15) is 15.0 Å². The number of carboxylic acid groups (broad SMARTS) is 1. The van der Waals surface area contributed by atoms with Crippen molar-refractivity contribution in [2.45, 2.75) is 154 Å². The summed E-state index contributed by atoms with van der Waals surface area (Å²) in [5, 5.41) is 23.3. The lowest BCUT2D eigenvalue weighted by molar-refractivity contribution is -0.0436. The lowest BCUT2D eigenvalue weighted by Gasteiger charge is -2.46. The molecule has 0 saturated carbocycles. The number of rotatable bonds is 16. The first-order chi connectivity index (χ1) is 25.8. The van der Waals surface area contributed by atoms with Crippen molar-refractivity contribution >= 4 is 22.7 Å². The van der Waals surface area contributed by atoms with E-state index < -0.39 is 34.2 Å². The van der Waals surface area contributed by atoms with Gasteiger partial charge >= 0.3 is 6.09 Å². The smallest absolute Gasteiger partial charge is 0.407 e. The summed E-state index contributed by atoms with van der Waals surface area (Å²) in [4.78, 5) is 18.5. The van der Waals surface area contributed by atoms with Gasteiger partial charge in [-0.15, -0.1) is 0 Å². The second-order valence-corrected chi connectivity index (χ2v) is 28.7. The maximum atomic E-state index is 13.1. The zero-order valence-corrected chi connectivity index (χ0v) is 38.2. The Hall–Kier alpha value is -3.03. The molecule has 4 rings (SSSR count). The average Bonchev–Trinajstić information content (AvgIpc) is 3.11. The van der Waals surface area contributed by atoms with Gasteiger partial charge < -0.3 is 28.7 Å². The maximum absolute atomic E-state index is 13.1. The minimum absolute atomic E-state index is 0.149. The monoisotopic (exact) mass is 790 g/mol. The van der Waals surface area contributed by atoms with Crippen LogP contribution in [0.15, 0.2) is 54.7 Å². The van der Waals surface area contributed by atoms with Crippen LogP contribution < -0.4 is 4.74 Å². The van der Waals surface area contributed by atoms with Crippen LogP contribution in [0.25, 0.3) is 11.1 Å². The summed E-state index contributed by atoms with van der Waals surface area (Å²) in [7, 11) is -2.77. The number of aromatic nitrogens is 1. The number of methoxy groups -OCH3 is 1. The standard InChI is InChI=1S/C45H70N2O6Si2/c1-29(2)54(30(3)4,31(5)6)52-27-37-17-15-16-18-40(37)36-19-20-39(35(13)23-36)42-26-47(44(48)49)22-21-45(42,50)41-24-43(51-14)46-25-38(41)28-53-55(32(7)8,33(9)10)34(11)12/h15-20,23-25,29-34,42,50H,21-22,26-28H2,1-14H3,(H,48,49)/t42-,45+/m1/s1. The van der Waals surface area contributed by atoms with Crippen molar-refractivity contribution in [1.82, 2.24) is 9.88 Å². The van der Waals surface area contributed by atoms with Gasteiger partial charge in [0, 0.05) is 36.8 Å². The molecule has 0 spiro atoms. The van der Waals surface area contributed by atoms with E-state index in [2.05, 4.69) is 137 Å². The lowest BCUT2D eigenvalue weighted by atomic mass is 9.70. The minimum atomic E-state index is -2.26. The van der Waals surface area contributed by atoms with Crippen LogP contribution in [-0.2, 0) is 27.7 Å². The number of benzene rings is 2. The van der Waals surface area contributed by atoms with Gasteiger partial charge in [0.05, 0.1) is 20.3 Å². The number of hydrogen-bond donors (Lipinski definition) is 2. The predicted molar refractivity (Wildman–Crippen MR) is 230 cm³/mol. The van der Waals surface area contributed by atoms with Crippen LogP contribution in [0.2, 0.25) is 33.2 Å². The number of hydrogen-bond acceptors (Lipinski definition) is 6. The fourth-order valence-corrected chi connectivity index (χ4v) is 21.3. The van der Waals surface area contributed by atoms with Crippen LogP contribution in [-0.4, -0.2) is 63.0 Å². The minimum Gasteiger partial charge on any atom is -0.481 e. The normalized spacial score (nSPS) is 18.4. The number of piperidine rings is 1. The van der Waals surface area contributed by atoms with Crippen LogP contribution in [0.3, 0.4) is 0 Å². The lowest BCUT2D eigenvalue weighted by Crippen LogP contribution is -2.51. The van der Waals surface area contributed by atoms with Crippen molar-refractivity contribution in [2.24, 2.45) is 0 Å². The van der Waals surface area contributed by atoms with E-state index in [1.165, 1.54) is 4.90 Å². The Morgan fingerprint density at radius 3 is 1.84 bits per heavy atom. The Balaban J connectivity index is 1.80. The maximum Gasteiger partial charge on any atom is 0.407 e. The second kappa shape index (κ2) is 18.1. The number of likely N-dealkylation sites (tertiary alicyclic amines) is 1. The quantitative estimate of drug-likeness (QED) is 0.139. The molecule has 1 saturated heterocycles. The molecule has 1 aliphatic rings. The highest BCUT2D eigenvalue weighted by atomic mass is 28.4. The van der Waals surface area contributed by atoms with Crippen molar-refractivity contribution in [2.75, 3.05) is 20.2 Å². The predicted octanol–water partition coefficient (Wildman–Crippen LogP) is 11.8. The highest BCUT2D eigenvalue weighted by molar-refractivity contribution is 6.78. The molecular weight excluding hydrogens is 721 g/mol. The first kappa shape index (κ1) is 44.7. The van der Waals surface area contributed by atoms with E-state index in [0.29, 0.717) is 57.9 Å². The fourth-order valence-electron chi connectivity index (χ4n) is 10.5. The molecule has 8 nitrogen and oxygen atoms in total. The van der Waals surface area contributed by atoms with Crippen LogP contribution >= 0.6 is 0 Å². The van der Waals surface area contributed by atoms with Crippen LogP contribution in [0.4, 0.5) is 4.79 Å². The van der Waals surface area contributed by atoms with Crippen LogP contribution in [0.5, 0.6) is 5.88 Å². The van der Waals surface area contributed by atoms with E-state index in [0.717, 1.165) is 33.4 Å². The molecule has 2 aromatic carbocycles. The van der Waals surface area contributed by atoms with Crippen molar-refractivity contribution < 1.29 is 28.6 Å². The highest BCUT2D eigenvalue weighted by Crippen LogP contribution is 2.49. The molecule has 0 bridgehead atoms. The molecule has 1 aliphatic heterocycles. The second-order valence-electron chi connectivity index (χ2n) is 17.8. The molecule has 3 aromatic rings. The summed E-state index contributed by atoms with van der Waals surface area (Å²) >= 11 is 0. The van der Waals surface area contributed by atoms with Gasteiger partial charge in [0.2, 0.25) is 22.5 Å². The molecule has 0 radical (unpaired) electrons. The van der Waals surface area contributed by atoms with E-state index in [1.807, 2.05) is 6.07 Å². The molecule has 2 N–H and O–H groups in total. The number of aliphatic hydroxyl groups is 1. The number of pyridine rings is 1. The van der Waals surface area contributed by atoms with Crippen LogP contribution in [0, 0.1) is 6.92 Å². The summed E-state index contributed by atoms with van der Waals surface area (Å²) < 4.78 is 19.7. The van der Waals surface area contributed by atoms with Crippen molar-refractivity contribution in [3.05, 3.63) is 82.5 Å². The summed E-state index contributed by atoms with van der Waals surface area (Å²) in [5.74, 6) is -0.148. The molecule has 0 unspecified atom stereocenters. The number of aryl methyl sites for hydroxylation is 1. The fraction of sp³-hybridized carbons (Fsp3) is 0.600. The van der Waals surface area contributed by atoms with Gasteiger partial charge in [-0.05, 0) is 80.0 Å². The first-order valence-corrected chi connectivity index (χ1v) is 24.8. The van der Waals surface area contributed by atoms with Crippen molar-refractivity contribution in [1.29, 1.82) is 0 Å². The molecule has 2 atom stereocenters. The van der Waals surface area contributed by atoms with E-state index >= 15 is 0 Å². The summed E-state index contributed by atoms with van der Waals surface area (Å²) in [6.07, 6.45) is 1.01. The number of amides is 1. The first-order valence-electron chi connectivity index (χ1n) is 20.5. The van der Waals surface area contributed by atoms with Gasteiger partial charge in [0.15, 0.2) is 0 Å². The summed E-state index contributed by atoms with van der Waals surface area (Å²) in [6.45, 7) is 30.8. The molecular formula is C45H70N2O6Si2. The summed E-state index contributed by atoms with van der Waals surface area (Å²) in [6, 6.07) is 16.7. The molecule has 0 aliphatic carbocycles. The topological polar surface area (TPSA) is 101 Å².